The largest absolute Gasteiger partial charge is 0.347 e. The molecule has 7 nitrogen and oxygen atoms in total. The first-order valence-corrected chi connectivity index (χ1v) is 8.51. The van der Waals surface area contributed by atoms with Gasteiger partial charge in [0, 0.05) is 31.2 Å². The van der Waals surface area contributed by atoms with E-state index in [9.17, 15) is 0 Å². The van der Waals surface area contributed by atoms with E-state index in [0.717, 1.165) is 37.4 Å². The molecule has 1 aliphatic heterocycles. The lowest BCUT2D eigenvalue weighted by atomic mass is 9.89. The third kappa shape index (κ3) is 3.39. The Morgan fingerprint density at radius 3 is 2.90 bits per heavy atom. The van der Waals surface area contributed by atoms with Gasteiger partial charge in [0.05, 0.1) is 13.2 Å². The molecular formula is C13H23N5O2S. The third-order valence-electron chi connectivity index (χ3n) is 4.11. The maximum Gasteiger partial charge on any atom is 0.209 e. The molecule has 1 aliphatic carbocycles. The van der Waals surface area contributed by atoms with E-state index in [4.69, 9.17) is 9.47 Å². The number of hydrogen-bond donors (Lipinski definition) is 1. The highest BCUT2D eigenvalue weighted by Gasteiger charge is 2.45. The molecule has 2 atom stereocenters. The summed E-state index contributed by atoms with van der Waals surface area (Å²) < 4.78 is 13.5. The molecule has 1 saturated carbocycles. The van der Waals surface area contributed by atoms with Gasteiger partial charge in [0.1, 0.15) is 0 Å². The number of aromatic nitrogens is 4. The summed E-state index contributed by atoms with van der Waals surface area (Å²) in [7, 11) is 1.87. The molecule has 1 spiro atoms. The predicted molar refractivity (Wildman–Crippen MR) is 79.0 cm³/mol. The van der Waals surface area contributed by atoms with Crippen LogP contribution in [0, 0.1) is 0 Å². The van der Waals surface area contributed by atoms with Crippen molar-refractivity contribution in [2.24, 2.45) is 7.05 Å². The van der Waals surface area contributed by atoms with E-state index in [1.807, 2.05) is 7.05 Å². The van der Waals surface area contributed by atoms with E-state index < -0.39 is 0 Å². The summed E-state index contributed by atoms with van der Waals surface area (Å²) in [6, 6.07) is 0.449. The molecule has 21 heavy (non-hydrogen) atoms. The van der Waals surface area contributed by atoms with Crippen LogP contribution in [0.1, 0.15) is 32.6 Å². The van der Waals surface area contributed by atoms with Crippen LogP contribution in [0.4, 0.5) is 0 Å². The van der Waals surface area contributed by atoms with Crippen molar-refractivity contribution in [1.82, 2.24) is 25.5 Å². The van der Waals surface area contributed by atoms with Gasteiger partial charge in [0.15, 0.2) is 5.79 Å². The second-order valence-corrected chi connectivity index (χ2v) is 6.86. The van der Waals surface area contributed by atoms with Crippen molar-refractivity contribution in [3.05, 3.63) is 0 Å². The van der Waals surface area contributed by atoms with Crippen LogP contribution in [-0.4, -0.2) is 57.0 Å². The number of aryl methyl sites for hydroxylation is 1. The summed E-state index contributed by atoms with van der Waals surface area (Å²) in [5.41, 5.74) is 0. The van der Waals surface area contributed by atoms with Gasteiger partial charge in [-0.3, -0.25) is 0 Å². The zero-order chi connectivity index (χ0) is 14.7. The number of nitrogens with zero attached hydrogens (tertiary/aromatic N) is 4. The first-order valence-electron chi connectivity index (χ1n) is 7.63. The lowest BCUT2D eigenvalue weighted by Crippen LogP contribution is -2.50. The molecule has 0 amide bonds. The van der Waals surface area contributed by atoms with Crippen LogP contribution >= 0.6 is 11.8 Å². The Morgan fingerprint density at radius 2 is 2.24 bits per heavy atom. The lowest BCUT2D eigenvalue weighted by Gasteiger charge is -2.40. The van der Waals surface area contributed by atoms with Crippen molar-refractivity contribution in [3.63, 3.8) is 0 Å². The molecule has 0 radical (unpaired) electrons. The van der Waals surface area contributed by atoms with Crippen molar-refractivity contribution in [3.8, 4) is 0 Å². The molecule has 0 bridgehead atoms. The minimum absolute atomic E-state index is 0.355. The van der Waals surface area contributed by atoms with E-state index in [2.05, 4.69) is 27.8 Å². The Balaban J connectivity index is 1.71. The highest BCUT2D eigenvalue weighted by atomic mass is 32.2. The van der Waals surface area contributed by atoms with Gasteiger partial charge in [-0.25, -0.2) is 4.68 Å². The number of tetrazole rings is 1. The van der Waals surface area contributed by atoms with Crippen molar-refractivity contribution in [2.45, 2.75) is 54.8 Å². The van der Waals surface area contributed by atoms with Gasteiger partial charge in [-0.15, -0.1) is 5.10 Å². The first kappa shape index (κ1) is 15.2. The third-order valence-corrected chi connectivity index (χ3v) is 5.46. The average Bonchev–Trinajstić information content (AvgIpc) is 3.09. The number of thioether (sulfide) groups is 1. The Bertz CT molecular complexity index is 463. The van der Waals surface area contributed by atoms with Crippen LogP contribution in [0.15, 0.2) is 5.16 Å². The molecule has 2 unspecified atom stereocenters. The Hall–Kier alpha value is -0.700. The quantitative estimate of drug-likeness (QED) is 0.868. The SMILES string of the molecule is CCCNC1CCC2(CC1Sc1nnnn1C)OCCO2. The molecule has 2 aliphatic rings. The van der Waals surface area contributed by atoms with E-state index in [-0.39, 0.29) is 5.79 Å². The topological polar surface area (TPSA) is 74.1 Å². The molecule has 1 N–H and O–H groups in total. The van der Waals surface area contributed by atoms with Gasteiger partial charge < -0.3 is 14.8 Å². The van der Waals surface area contributed by atoms with Gasteiger partial charge in [0.25, 0.3) is 0 Å². The Labute approximate surface area is 129 Å². The molecular weight excluding hydrogens is 290 g/mol. The molecule has 8 heteroatoms. The standard InChI is InChI=1S/C13H23N5O2S/c1-3-6-14-10-4-5-13(19-7-8-20-13)9-11(10)21-12-15-16-17-18(12)2/h10-11,14H,3-9H2,1-2H3. The average molecular weight is 313 g/mol. The van der Waals surface area contributed by atoms with Crippen LogP contribution < -0.4 is 5.32 Å². The fraction of sp³-hybridized carbons (Fsp3) is 0.923. The molecule has 2 fully saturated rings. The molecule has 2 heterocycles. The monoisotopic (exact) mass is 313 g/mol. The highest BCUT2D eigenvalue weighted by Crippen LogP contribution is 2.41. The Kier molecular flexibility index (Phi) is 4.78. The second kappa shape index (κ2) is 6.60. The van der Waals surface area contributed by atoms with Crippen LogP contribution in [-0.2, 0) is 16.5 Å². The van der Waals surface area contributed by atoms with Gasteiger partial charge >= 0.3 is 0 Å². The summed E-state index contributed by atoms with van der Waals surface area (Å²) >= 11 is 1.72. The lowest BCUT2D eigenvalue weighted by molar-refractivity contribution is -0.178. The number of hydrogen-bond acceptors (Lipinski definition) is 7. The summed E-state index contributed by atoms with van der Waals surface area (Å²) in [6.45, 7) is 4.63. The van der Waals surface area contributed by atoms with E-state index >= 15 is 0 Å². The van der Waals surface area contributed by atoms with Gasteiger partial charge in [-0.05, 0) is 29.8 Å². The molecule has 118 valence electrons. The van der Waals surface area contributed by atoms with Gasteiger partial charge in [0.2, 0.25) is 5.16 Å². The van der Waals surface area contributed by atoms with Crippen LogP contribution in [0.2, 0.25) is 0 Å². The highest BCUT2D eigenvalue weighted by molar-refractivity contribution is 7.99. The summed E-state index contributed by atoms with van der Waals surface area (Å²) in [5, 5.41) is 16.6. The molecule has 1 aromatic rings. The minimum Gasteiger partial charge on any atom is -0.347 e. The van der Waals surface area contributed by atoms with Crippen molar-refractivity contribution in [2.75, 3.05) is 19.8 Å². The van der Waals surface area contributed by atoms with Crippen molar-refractivity contribution in [1.29, 1.82) is 0 Å². The van der Waals surface area contributed by atoms with E-state index in [1.165, 1.54) is 0 Å². The normalized spacial score (nSPS) is 28.3. The van der Waals surface area contributed by atoms with Gasteiger partial charge in [-0.2, -0.15) is 0 Å². The summed E-state index contributed by atoms with van der Waals surface area (Å²) in [5.74, 6) is -0.381. The van der Waals surface area contributed by atoms with Crippen LogP contribution in [0.25, 0.3) is 0 Å². The maximum atomic E-state index is 5.89. The number of ether oxygens (including phenoxy) is 2. The molecule has 1 aromatic heterocycles. The second-order valence-electron chi connectivity index (χ2n) is 5.65. The summed E-state index contributed by atoms with van der Waals surface area (Å²) in [6.07, 6.45) is 4.04. The molecule has 1 saturated heterocycles. The zero-order valence-electron chi connectivity index (χ0n) is 12.6. The zero-order valence-corrected chi connectivity index (χ0v) is 13.4. The number of rotatable bonds is 5. The predicted octanol–water partition coefficient (Wildman–Crippen LogP) is 0.966. The van der Waals surface area contributed by atoms with E-state index in [0.29, 0.717) is 24.5 Å². The fourth-order valence-corrected chi connectivity index (χ4v) is 4.29. The van der Waals surface area contributed by atoms with E-state index in [1.54, 1.807) is 16.4 Å². The van der Waals surface area contributed by atoms with Crippen LogP contribution in [0.5, 0.6) is 0 Å². The smallest absolute Gasteiger partial charge is 0.209 e. The van der Waals surface area contributed by atoms with Crippen molar-refractivity contribution >= 4 is 11.8 Å². The maximum absolute atomic E-state index is 5.89. The molecule has 0 aromatic carbocycles. The van der Waals surface area contributed by atoms with Crippen molar-refractivity contribution < 1.29 is 9.47 Å². The molecule has 3 rings (SSSR count). The van der Waals surface area contributed by atoms with Gasteiger partial charge in [-0.1, -0.05) is 18.7 Å². The summed E-state index contributed by atoms with van der Waals surface area (Å²) in [4.78, 5) is 0. The number of nitrogens with one attached hydrogen (secondary N) is 1. The first-order chi connectivity index (χ1) is 10.2. The minimum atomic E-state index is -0.381. The Morgan fingerprint density at radius 1 is 1.43 bits per heavy atom. The fourth-order valence-electron chi connectivity index (χ4n) is 3.01. The van der Waals surface area contributed by atoms with Crippen LogP contribution in [0.3, 0.4) is 0 Å².